The maximum atomic E-state index is 11.9. The lowest BCUT2D eigenvalue weighted by Gasteiger charge is -2.11. The molecule has 0 saturated heterocycles. The lowest BCUT2D eigenvalue weighted by atomic mass is 9.94. The van der Waals surface area contributed by atoms with Crippen LogP contribution in [0.15, 0.2) is 0 Å². The summed E-state index contributed by atoms with van der Waals surface area (Å²) in [6.07, 6.45) is 11.5. The standard InChI is InChI=1S/C16H33NO/c1-4-5-6-7-8-9-13-16(18)14(2)11-10-12-15(3)17/h14-15H,4-13,17H2,1-3H3. The molecule has 2 heteroatoms. The zero-order valence-electron chi connectivity index (χ0n) is 12.7. The van der Waals surface area contributed by atoms with Gasteiger partial charge in [-0.1, -0.05) is 52.4 Å². The van der Waals surface area contributed by atoms with E-state index in [0.717, 1.165) is 32.1 Å². The van der Waals surface area contributed by atoms with Gasteiger partial charge < -0.3 is 5.73 Å². The molecule has 0 aliphatic heterocycles. The van der Waals surface area contributed by atoms with E-state index in [1.807, 2.05) is 6.92 Å². The Morgan fingerprint density at radius 2 is 1.56 bits per heavy atom. The van der Waals surface area contributed by atoms with E-state index in [4.69, 9.17) is 5.73 Å². The van der Waals surface area contributed by atoms with Crippen molar-refractivity contribution in [1.29, 1.82) is 0 Å². The number of rotatable bonds is 12. The van der Waals surface area contributed by atoms with E-state index in [1.165, 1.54) is 32.1 Å². The van der Waals surface area contributed by atoms with Crippen LogP contribution in [0.1, 0.15) is 85.0 Å². The summed E-state index contributed by atoms with van der Waals surface area (Å²) in [5, 5.41) is 0. The third-order valence-electron chi connectivity index (χ3n) is 3.62. The van der Waals surface area contributed by atoms with Gasteiger partial charge in [0, 0.05) is 18.4 Å². The minimum absolute atomic E-state index is 0.236. The zero-order valence-corrected chi connectivity index (χ0v) is 12.7. The molecule has 0 spiro atoms. The molecule has 2 nitrogen and oxygen atoms in total. The van der Waals surface area contributed by atoms with Crippen molar-refractivity contribution in [2.75, 3.05) is 0 Å². The van der Waals surface area contributed by atoms with Gasteiger partial charge in [-0.2, -0.15) is 0 Å². The largest absolute Gasteiger partial charge is 0.328 e. The Morgan fingerprint density at radius 3 is 2.17 bits per heavy atom. The second kappa shape index (κ2) is 11.7. The summed E-state index contributed by atoms with van der Waals surface area (Å²) in [5.74, 6) is 0.689. The van der Waals surface area contributed by atoms with E-state index in [0.29, 0.717) is 5.78 Å². The molecule has 0 radical (unpaired) electrons. The quantitative estimate of drug-likeness (QED) is 0.523. The molecule has 0 amide bonds. The van der Waals surface area contributed by atoms with Crippen molar-refractivity contribution in [3.63, 3.8) is 0 Å². The average molecular weight is 255 g/mol. The topological polar surface area (TPSA) is 43.1 Å². The molecule has 0 fully saturated rings. The number of hydrogen-bond acceptors (Lipinski definition) is 2. The minimum atomic E-state index is 0.236. The molecule has 0 bridgehead atoms. The highest BCUT2D eigenvalue weighted by Crippen LogP contribution is 2.14. The van der Waals surface area contributed by atoms with E-state index in [1.54, 1.807) is 0 Å². The van der Waals surface area contributed by atoms with Crippen LogP contribution in [0, 0.1) is 5.92 Å². The number of carbonyl (C=O) groups excluding carboxylic acids is 1. The van der Waals surface area contributed by atoms with Crippen molar-refractivity contribution >= 4 is 5.78 Å². The fourth-order valence-electron chi connectivity index (χ4n) is 2.23. The highest BCUT2D eigenvalue weighted by Gasteiger charge is 2.12. The second-order valence-electron chi connectivity index (χ2n) is 5.79. The first-order chi connectivity index (χ1) is 8.57. The maximum Gasteiger partial charge on any atom is 0.135 e. The van der Waals surface area contributed by atoms with Gasteiger partial charge in [0.25, 0.3) is 0 Å². The minimum Gasteiger partial charge on any atom is -0.328 e. The molecule has 0 saturated carbocycles. The Balaban J connectivity index is 3.44. The Labute approximate surface area is 114 Å². The smallest absolute Gasteiger partial charge is 0.135 e. The van der Waals surface area contributed by atoms with Gasteiger partial charge in [-0.25, -0.2) is 0 Å². The molecule has 18 heavy (non-hydrogen) atoms. The van der Waals surface area contributed by atoms with Crippen molar-refractivity contribution in [2.24, 2.45) is 11.7 Å². The van der Waals surface area contributed by atoms with Crippen molar-refractivity contribution in [2.45, 2.75) is 91.0 Å². The summed E-state index contributed by atoms with van der Waals surface area (Å²) in [5.41, 5.74) is 5.71. The van der Waals surface area contributed by atoms with Crippen LogP contribution in [-0.4, -0.2) is 11.8 Å². The SMILES string of the molecule is CCCCCCCCC(=O)C(C)CCCC(C)N. The molecular weight excluding hydrogens is 222 g/mol. The molecule has 0 aromatic carbocycles. The van der Waals surface area contributed by atoms with Crippen LogP contribution in [-0.2, 0) is 4.79 Å². The zero-order chi connectivity index (χ0) is 13.8. The van der Waals surface area contributed by atoms with E-state index in [-0.39, 0.29) is 12.0 Å². The lowest BCUT2D eigenvalue weighted by Crippen LogP contribution is -2.16. The molecule has 0 aliphatic rings. The molecule has 2 unspecified atom stereocenters. The van der Waals surface area contributed by atoms with Gasteiger partial charge in [0.05, 0.1) is 0 Å². The molecular formula is C16H33NO. The monoisotopic (exact) mass is 255 g/mol. The van der Waals surface area contributed by atoms with E-state index in [2.05, 4.69) is 13.8 Å². The van der Waals surface area contributed by atoms with E-state index >= 15 is 0 Å². The highest BCUT2D eigenvalue weighted by molar-refractivity contribution is 5.80. The fraction of sp³-hybridized carbons (Fsp3) is 0.938. The van der Waals surface area contributed by atoms with Crippen molar-refractivity contribution in [1.82, 2.24) is 0 Å². The normalized spacial score (nSPS) is 14.4. The Morgan fingerprint density at radius 1 is 0.944 bits per heavy atom. The van der Waals surface area contributed by atoms with E-state index in [9.17, 15) is 4.79 Å². The average Bonchev–Trinajstić information content (AvgIpc) is 2.32. The molecule has 0 heterocycles. The van der Waals surface area contributed by atoms with Crippen LogP contribution in [0.4, 0.5) is 0 Å². The van der Waals surface area contributed by atoms with Crippen molar-refractivity contribution in [3.05, 3.63) is 0 Å². The Bertz CT molecular complexity index is 201. The van der Waals surface area contributed by atoms with Crippen molar-refractivity contribution in [3.8, 4) is 0 Å². The molecule has 0 aromatic rings. The number of unbranched alkanes of at least 4 members (excludes halogenated alkanes) is 5. The molecule has 0 aromatic heterocycles. The summed E-state index contributed by atoms with van der Waals surface area (Å²) in [6, 6.07) is 0.269. The molecule has 0 aliphatic carbocycles. The molecule has 108 valence electrons. The van der Waals surface area contributed by atoms with Crippen LogP contribution in [0.2, 0.25) is 0 Å². The second-order valence-corrected chi connectivity index (χ2v) is 5.79. The summed E-state index contributed by atoms with van der Waals surface area (Å²) in [4.78, 5) is 11.9. The maximum absolute atomic E-state index is 11.9. The van der Waals surface area contributed by atoms with Crippen LogP contribution < -0.4 is 5.73 Å². The van der Waals surface area contributed by atoms with Gasteiger partial charge in [-0.05, 0) is 26.2 Å². The number of nitrogens with two attached hydrogens (primary N) is 1. The number of ketones is 1. The van der Waals surface area contributed by atoms with Crippen LogP contribution in [0.25, 0.3) is 0 Å². The summed E-state index contributed by atoms with van der Waals surface area (Å²) in [7, 11) is 0. The fourth-order valence-corrected chi connectivity index (χ4v) is 2.23. The molecule has 0 rings (SSSR count). The summed E-state index contributed by atoms with van der Waals surface area (Å²) >= 11 is 0. The summed E-state index contributed by atoms with van der Waals surface area (Å²) in [6.45, 7) is 6.33. The predicted octanol–water partition coefficient (Wildman–Crippen LogP) is 4.46. The molecule has 2 atom stereocenters. The third kappa shape index (κ3) is 10.8. The van der Waals surface area contributed by atoms with Crippen LogP contribution >= 0.6 is 0 Å². The Kier molecular flexibility index (Phi) is 11.5. The van der Waals surface area contributed by atoms with Gasteiger partial charge in [0.1, 0.15) is 5.78 Å². The van der Waals surface area contributed by atoms with Gasteiger partial charge in [-0.15, -0.1) is 0 Å². The molecule has 2 N–H and O–H groups in total. The predicted molar refractivity (Wildman–Crippen MR) is 79.7 cm³/mol. The Hall–Kier alpha value is -0.370. The summed E-state index contributed by atoms with van der Waals surface area (Å²) < 4.78 is 0. The first kappa shape index (κ1) is 17.6. The number of carbonyl (C=O) groups is 1. The van der Waals surface area contributed by atoms with Crippen LogP contribution in [0.5, 0.6) is 0 Å². The van der Waals surface area contributed by atoms with Crippen LogP contribution in [0.3, 0.4) is 0 Å². The first-order valence-electron chi connectivity index (χ1n) is 7.86. The number of Topliss-reactive ketones (excluding diaryl/α,β-unsaturated/α-hetero) is 1. The third-order valence-corrected chi connectivity index (χ3v) is 3.62. The van der Waals surface area contributed by atoms with Gasteiger partial charge in [0.2, 0.25) is 0 Å². The van der Waals surface area contributed by atoms with E-state index < -0.39 is 0 Å². The first-order valence-corrected chi connectivity index (χ1v) is 7.86. The lowest BCUT2D eigenvalue weighted by molar-refractivity contribution is -0.122. The van der Waals surface area contributed by atoms with Gasteiger partial charge >= 0.3 is 0 Å². The van der Waals surface area contributed by atoms with Crippen molar-refractivity contribution < 1.29 is 4.79 Å². The highest BCUT2D eigenvalue weighted by atomic mass is 16.1. The number of hydrogen-bond donors (Lipinski definition) is 1. The van der Waals surface area contributed by atoms with Gasteiger partial charge in [0.15, 0.2) is 0 Å². The van der Waals surface area contributed by atoms with Gasteiger partial charge in [-0.3, -0.25) is 4.79 Å².